The Labute approximate surface area is 93.8 Å². The van der Waals surface area contributed by atoms with E-state index in [1.54, 1.807) is 24.0 Å². The van der Waals surface area contributed by atoms with Crippen LogP contribution in [-0.4, -0.2) is 25.1 Å². The Balaban J connectivity index is 1.95. The van der Waals surface area contributed by atoms with Crippen LogP contribution in [0.4, 0.5) is 0 Å². The molecule has 0 fully saturated rings. The fourth-order valence-electron chi connectivity index (χ4n) is 1.39. The van der Waals surface area contributed by atoms with Gasteiger partial charge in [-0.25, -0.2) is 0 Å². The standard InChI is InChI=1S/C11H14N4O/c1-9(16)11-8-15(14-13-11)7-5-10-4-2-3-6-12-10/h2-4,6,8-9,16H,5,7H2,1H3. The van der Waals surface area contributed by atoms with Crippen LogP contribution < -0.4 is 0 Å². The van der Waals surface area contributed by atoms with Crippen LogP contribution in [0.1, 0.15) is 24.4 Å². The smallest absolute Gasteiger partial charge is 0.111 e. The molecule has 5 nitrogen and oxygen atoms in total. The van der Waals surface area contributed by atoms with Gasteiger partial charge in [0.25, 0.3) is 0 Å². The number of aliphatic hydroxyl groups is 1. The molecule has 16 heavy (non-hydrogen) atoms. The molecule has 1 unspecified atom stereocenters. The molecule has 0 bridgehead atoms. The number of hydrogen-bond acceptors (Lipinski definition) is 4. The van der Waals surface area contributed by atoms with Crippen molar-refractivity contribution in [3.8, 4) is 0 Å². The summed E-state index contributed by atoms with van der Waals surface area (Å²) in [5, 5.41) is 17.1. The van der Waals surface area contributed by atoms with Crippen molar-refractivity contribution in [1.82, 2.24) is 20.0 Å². The number of nitrogens with zero attached hydrogens (tertiary/aromatic N) is 4. The summed E-state index contributed by atoms with van der Waals surface area (Å²) >= 11 is 0. The van der Waals surface area contributed by atoms with Crippen LogP contribution in [0.25, 0.3) is 0 Å². The third-order valence-electron chi connectivity index (χ3n) is 2.31. The summed E-state index contributed by atoms with van der Waals surface area (Å²) < 4.78 is 1.72. The molecule has 84 valence electrons. The Kier molecular flexibility index (Phi) is 3.26. The zero-order chi connectivity index (χ0) is 11.4. The van der Waals surface area contributed by atoms with Gasteiger partial charge in [-0.1, -0.05) is 11.3 Å². The van der Waals surface area contributed by atoms with E-state index >= 15 is 0 Å². The van der Waals surface area contributed by atoms with Gasteiger partial charge in [0.1, 0.15) is 5.69 Å². The van der Waals surface area contributed by atoms with Crippen LogP contribution >= 0.6 is 0 Å². The molecule has 0 saturated carbocycles. The minimum atomic E-state index is -0.566. The van der Waals surface area contributed by atoms with Gasteiger partial charge in [-0.3, -0.25) is 9.67 Å². The largest absolute Gasteiger partial charge is 0.387 e. The average Bonchev–Trinajstić information content (AvgIpc) is 2.76. The molecule has 2 aromatic heterocycles. The van der Waals surface area contributed by atoms with E-state index in [1.165, 1.54) is 0 Å². The molecule has 2 aromatic rings. The highest BCUT2D eigenvalue weighted by Crippen LogP contribution is 2.06. The molecule has 2 rings (SSSR count). The van der Waals surface area contributed by atoms with E-state index in [0.29, 0.717) is 5.69 Å². The van der Waals surface area contributed by atoms with Gasteiger partial charge in [-0.2, -0.15) is 0 Å². The van der Waals surface area contributed by atoms with Crippen LogP contribution in [0, 0.1) is 0 Å². The number of rotatable bonds is 4. The van der Waals surface area contributed by atoms with E-state index in [9.17, 15) is 5.11 Å². The van der Waals surface area contributed by atoms with Crippen molar-refractivity contribution in [2.24, 2.45) is 0 Å². The van der Waals surface area contributed by atoms with E-state index in [4.69, 9.17) is 0 Å². The first-order valence-electron chi connectivity index (χ1n) is 5.23. The van der Waals surface area contributed by atoms with E-state index in [2.05, 4.69) is 15.3 Å². The molecule has 0 radical (unpaired) electrons. The van der Waals surface area contributed by atoms with Gasteiger partial charge in [0.2, 0.25) is 0 Å². The number of pyridine rings is 1. The van der Waals surface area contributed by atoms with Crippen LogP contribution in [0.3, 0.4) is 0 Å². The molecule has 1 atom stereocenters. The summed E-state index contributed by atoms with van der Waals surface area (Å²) in [6, 6.07) is 5.84. The number of aromatic nitrogens is 4. The van der Waals surface area contributed by atoms with Crippen LogP contribution in [0.15, 0.2) is 30.6 Å². The van der Waals surface area contributed by atoms with Crippen molar-refractivity contribution < 1.29 is 5.11 Å². The molecule has 0 saturated heterocycles. The zero-order valence-electron chi connectivity index (χ0n) is 9.11. The predicted octanol–water partition coefficient (Wildman–Crippen LogP) is 0.969. The van der Waals surface area contributed by atoms with Crippen molar-refractivity contribution in [3.05, 3.63) is 42.0 Å². The van der Waals surface area contributed by atoms with E-state index in [-0.39, 0.29) is 0 Å². The van der Waals surface area contributed by atoms with Crippen molar-refractivity contribution in [2.45, 2.75) is 26.0 Å². The Morgan fingerprint density at radius 3 is 2.94 bits per heavy atom. The maximum absolute atomic E-state index is 9.29. The third-order valence-corrected chi connectivity index (χ3v) is 2.31. The van der Waals surface area contributed by atoms with Crippen molar-refractivity contribution in [1.29, 1.82) is 0 Å². The fourth-order valence-corrected chi connectivity index (χ4v) is 1.39. The quantitative estimate of drug-likeness (QED) is 0.830. The highest BCUT2D eigenvalue weighted by molar-refractivity contribution is 5.03. The molecule has 0 spiro atoms. The fraction of sp³-hybridized carbons (Fsp3) is 0.364. The first kappa shape index (κ1) is 10.8. The summed E-state index contributed by atoms with van der Waals surface area (Å²) in [6.07, 6.45) is 3.78. The first-order chi connectivity index (χ1) is 7.75. The van der Waals surface area contributed by atoms with Crippen LogP contribution in [0.5, 0.6) is 0 Å². The van der Waals surface area contributed by atoms with Crippen LogP contribution in [0.2, 0.25) is 0 Å². The van der Waals surface area contributed by atoms with Crippen molar-refractivity contribution >= 4 is 0 Å². The van der Waals surface area contributed by atoms with Crippen LogP contribution in [-0.2, 0) is 13.0 Å². The summed E-state index contributed by atoms with van der Waals surface area (Å²) in [4.78, 5) is 4.22. The summed E-state index contributed by atoms with van der Waals surface area (Å²) in [5.41, 5.74) is 1.62. The van der Waals surface area contributed by atoms with Crippen molar-refractivity contribution in [3.63, 3.8) is 0 Å². The molecule has 2 heterocycles. The normalized spacial score (nSPS) is 12.6. The van der Waals surface area contributed by atoms with E-state index < -0.39 is 6.10 Å². The lowest BCUT2D eigenvalue weighted by molar-refractivity contribution is 0.194. The molecule has 0 aliphatic carbocycles. The third kappa shape index (κ3) is 2.64. The molecule has 0 aliphatic rings. The van der Waals surface area contributed by atoms with E-state index in [0.717, 1.165) is 18.7 Å². The number of aliphatic hydroxyl groups excluding tert-OH is 1. The molecular formula is C11H14N4O. The lowest BCUT2D eigenvalue weighted by Gasteiger charge is -1.99. The SMILES string of the molecule is CC(O)c1cn(CCc2ccccn2)nn1. The topological polar surface area (TPSA) is 63.8 Å². The average molecular weight is 218 g/mol. The van der Waals surface area contributed by atoms with Gasteiger partial charge in [0.05, 0.1) is 12.3 Å². The Morgan fingerprint density at radius 1 is 1.44 bits per heavy atom. The van der Waals surface area contributed by atoms with Gasteiger partial charge < -0.3 is 5.11 Å². The van der Waals surface area contributed by atoms with Crippen molar-refractivity contribution in [2.75, 3.05) is 0 Å². The highest BCUT2D eigenvalue weighted by Gasteiger charge is 2.05. The lowest BCUT2D eigenvalue weighted by Crippen LogP contribution is -2.03. The molecule has 0 aromatic carbocycles. The van der Waals surface area contributed by atoms with E-state index in [1.807, 2.05) is 18.2 Å². The Hall–Kier alpha value is -1.75. The second-order valence-corrected chi connectivity index (χ2v) is 3.65. The maximum atomic E-state index is 9.29. The highest BCUT2D eigenvalue weighted by atomic mass is 16.3. The Bertz CT molecular complexity index is 438. The van der Waals surface area contributed by atoms with Gasteiger partial charge in [0, 0.05) is 24.9 Å². The van der Waals surface area contributed by atoms with Gasteiger partial charge in [-0.05, 0) is 19.1 Å². The second-order valence-electron chi connectivity index (χ2n) is 3.65. The monoisotopic (exact) mass is 218 g/mol. The first-order valence-corrected chi connectivity index (χ1v) is 5.23. The number of hydrogen-bond donors (Lipinski definition) is 1. The molecule has 0 amide bonds. The minimum Gasteiger partial charge on any atom is -0.387 e. The predicted molar refractivity (Wildman–Crippen MR) is 58.6 cm³/mol. The molecule has 1 N–H and O–H groups in total. The summed E-state index contributed by atoms with van der Waals surface area (Å²) in [7, 11) is 0. The molecular weight excluding hydrogens is 204 g/mol. The Morgan fingerprint density at radius 2 is 2.31 bits per heavy atom. The minimum absolute atomic E-state index is 0.566. The molecule has 5 heteroatoms. The van der Waals surface area contributed by atoms with Gasteiger partial charge >= 0.3 is 0 Å². The number of aryl methyl sites for hydroxylation is 2. The molecule has 0 aliphatic heterocycles. The van der Waals surface area contributed by atoms with Gasteiger partial charge in [0.15, 0.2) is 0 Å². The second kappa shape index (κ2) is 4.85. The zero-order valence-corrected chi connectivity index (χ0v) is 9.11. The summed E-state index contributed by atoms with van der Waals surface area (Å²) in [6.45, 7) is 2.39. The van der Waals surface area contributed by atoms with Gasteiger partial charge in [-0.15, -0.1) is 5.10 Å². The lowest BCUT2D eigenvalue weighted by atomic mass is 10.3. The maximum Gasteiger partial charge on any atom is 0.111 e. The summed E-state index contributed by atoms with van der Waals surface area (Å²) in [5.74, 6) is 0.